The SMILES string of the molecule is CN1C(=N)NC(c2cc(Oc3cccnc3)ccc2F)CS1(=O)=O. The second-order valence-electron chi connectivity index (χ2n) is 5.27. The fourth-order valence-electron chi connectivity index (χ4n) is 2.32. The second kappa shape index (κ2) is 6.08. The van der Waals surface area contributed by atoms with E-state index in [1.54, 1.807) is 18.3 Å². The maximum atomic E-state index is 14.2. The first-order chi connectivity index (χ1) is 11.4. The Bertz CT molecular complexity index is 874. The number of benzene rings is 1. The van der Waals surface area contributed by atoms with Gasteiger partial charge in [0.15, 0.2) is 0 Å². The van der Waals surface area contributed by atoms with Crippen LogP contribution in [0, 0.1) is 11.2 Å². The van der Waals surface area contributed by atoms with Crippen molar-refractivity contribution in [3.8, 4) is 11.5 Å². The van der Waals surface area contributed by atoms with Crippen molar-refractivity contribution in [2.24, 2.45) is 0 Å². The van der Waals surface area contributed by atoms with Crippen LogP contribution in [0.1, 0.15) is 11.6 Å². The second-order valence-corrected chi connectivity index (χ2v) is 7.31. The van der Waals surface area contributed by atoms with Gasteiger partial charge in [0.2, 0.25) is 16.0 Å². The third-order valence-electron chi connectivity index (χ3n) is 3.63. The van der Waals surface area contributed by atoms with Gasteiger partial charge in [-0.3, -0.25) is 10.4 Å². The molecule has 7 nitrogen and oxygen atoms in total. The normalized spacial score (nSPS) is 19.7. The zero-order valence-corrected chi connectivity index (χ0v) is 13.5. The Morgan fingerprint density at radius 1 is 1.38 bits per heavy atom. The van der Waals surface area contributed by atoms with Crippen LogP contribution in [-0.4, -0.2) is 36.5 Å². The van der Waals surface area contributed by atoms with Gasteiger partial charge in [0.25, 0.3) is 0 Å². The molecule has 2 N–H and O–H groups in total. The summed E-state index contributed by atoms with van der Waals surface area (Å²) in [6, 6.07) is 6.61. The highest BCUT2D eigenvalue weighted by atomic mass is 32.2. The van der Waals surface area contributed by atoms with E-state index in [4.69, 9.17) is 10.1 Å². The van der Waals surface area contributed by atoms with Gasteiger partial charge in [-0.25, -0.2) is 17.1 Å². The van der Waals surface area contributed by atoms with Gasteiger partial charge >= 0.3 is 0 Å². The Kier molecular flexibility index (Phi) is 4.10. The number of halogens is 1. The summed E-state index contributed by atoms with van der Waals surface area (Å²) in [5.74, 6) is -0.391. The number of sulfonamides is 1. The van der Waals surface area contributed by atoms with Crippen LogP contribution in [0.25, 0.3) is 0 Å². The summed E-state index contributed by atoms with van der Waals surface area (Å²) in [5, 5.41) is 10.4. The third kappa shape index (κ3) is 3.16. The molecule has 1 aliphatic heterocycles. The largest absolute Gasteiger partial charge is 0.456 e. The molecule has 1 aliphatic rings. The lowest BCUT2D eigenvalue weighted by molar-refractivity contribution is 0.469. The standard InChI is InChI=1S/C15H15FN4O3S/c1-20-15(17)19-14(9-24(20,21)22)12-7-10(4-5-13(12)16)23-11-3-2-6-18-8-11/h2-8,14H,9H2,1H3,(H2,17,19). The summed E-state index contributed by atoms with van der Waals surface area (Å²) in [6.45, 7) is 0. The van der Waals surface area contributed by atoms with E-state index in [9.17, 15) is 12.8 Å². The fourth-order valence-corrected chi connectivity index (χ4v) is 3.56. The Morgan fingerprint density at radius 2 is 2.17 bits per heavy atom. The molecule has 0 bridgehead atoms. The van der Waals surface area contributed by atoms with Crippen molar-refractivity contribution in [2.45, 2.75) is 6.04 Å². The molecule has 24 heavy (non-hydrogen) atoms. The molecule has 0 radical (unpaired) electrons. The minimum Gasteiger partial charge on any atom is -0.456 e. The molecule has 2 aromatic rings. The van der Waals surface area contributed by atoms with Gasteiger partial charge in [0, 0.05) is 18.8 Å². The summed E-state index contributed by atoms with van der Waals surface area (Å²) in [6.07, 6.45) is 3.11. The lowest BCUT2D eigenvalue weighted by Gasteiger charge is -2.32. The van der Waals surface area contributed by atoms with E-state index in [1.807, 2.05) is 0 Å². The smallest absolute Gasteiger partial charge is 0.239 e. The van der Waals surface area contributed by atoms with Crippen LogP contribution < -0.4 is 10.1 Å². The van der Waals surface area contributed by atoms with Gasteiger partial charge < -0.3 is 10.1 Å². The zero-order chi connectivity index (χ0) is 17.3. The predicted molar refractivity (Wildman–Crippen MR) is 85.9 cm³/mol. The van der Waals surface area contributed by atoms with E-state index in [2.05, 4.69) is 10.3 Å². The van der Waals surface area contributed by atoms with E-state index < -0.39 is 21.9 Å². The Labute approximate surface area is 138 Å². The highest BCUT2D eigenvalue weighted by molar-refractivity contribution is 7.89. The Balaban J connectivity index is 1.91. The van der Waals surface area contributed by atoms with Crippen LogP contribution in [0.4, 0.5) is 4.39 Å². The first-order valence-corrected chi connectivity index (χ1v) is 8.67. The minimum absolute atomic E-state index is 0.123. The number of ether oxygens (including phenoxy) is 1. The molecule has 1 saturated heterocycles. The summed E-state index contributed by atoms with van der Waals surface area (Å²) < 4.78 is 44.7. The molecule has 1 aromatic carbocycles. The number of nitrogens with one attached hydrogen (secondary N) is 2. The van der Waals surface area contributed by atoms with Gasteiger partial charge in [-0.2, -0.15) is 0 Å². The molecule has 126 valence electrons. The molecule has 0 aliphatic carbocycles. The molecule has 0 spiro atoms. The first kappa shape index (κ1) is 16.2. The van der Waals surface area contributed by atoms with Crippen LogP contribution >= 0.6 is 0 Å². The highest BCUT2D eigenvalue weighted by Crippen LogP contribution is 2.29. The molecular weight excluding hydrogens is 335 g/mol. The van der Waals surface area contributed by atoms with Crippen LogP contribution in [0.3, 0.4) is 0 Å². The number of hydrogen-bond donors (Lipinski definition) is 2. The average Bonchev–Trinajstić information content (AvgIpc) is 2.55. The van der Waals surface area contributed by atoms with E-state index in [-0.39, 0.29) is 17.3 Å². The fraction of sp³-hybridized carbons (Fsp3) is 0.200. The zero-order valence-electron chi connectivity index (χ0n) is 12.7. The molecule has 1 fully saturated rings. The van der Waals surface area contributed by atoms with Crippen molar-refractivity contribution >= 4 is 16.0 Å². The van der Waals surface area contributed by atoms with E-state index >= 15 is 0 Å². The van der Waals surface area contributed by atoms with Crippen molar-refractivity contribution in [1.82, 2.24) is 14.6 Å². The van der Waals surface area contributed by atoms with Crippen molar-refractivity contribution < 1.29 is 17.5 Å². The number of rotatable bonds is 3. The van der Waals surface area contributed by atoms with Crippen LogP contribution in [0.5, 0.6) is 11.5 Å². The molecule has 2 heterocycles. The van der Waals surface area contributed by atoms with Crippen molar-refractivity contribution in [2.75, 3.05) is 12.8 Å². The maximum Gasteiger partial charge on any atom is 0.239 e. The number of guanidine groups is 1. The quantitative estimate of drug-likeness (QED) is 0.881. The topological polar surface area (TPSA) is 95.4 Å². The van der Waals surface area contributed by atoms with Crippen molar-refractivity contribution in [3.05, 3.63) is 54.1 Å². The van der Waals surface area contributed by atoms with E-state index in [0.717, 1.165) is 4.31 Å². The van der Waals surface area contributed by atoms with Crippen molar-refractivity contribution in [1.29, 1.82) is 5.41 Å². The molecule has 1 unspecified atom stereocenters. The van der Waals surface area contributed by atoms with Crippen LogP contribution in [-0.2, 0) is 10.0 Å². The van der Waals surface area contributed by atoms with Gasteiger partial charge in [-0.15, -0.1) is 0 Å². The summed E-state index contributed by atoms with van der Waals surface area (Å²) >= 11 is 0. The van der Waals surface area contributed by atoms with Gasteiger partial charge in [-0.1, -0.05) is 0 Å². The molecule has 1 atom stereocenters. The van der Waals surface area contributed by atoms with E-state index in [0.29, 0.717) is 11.5 Å². The van der Waals surface area contributed by atoms with Gasteiger partial charge in [-0.05, 0) is 30.3 Å². The van der Waals surface area contributed by atoms with E-state index in [1.165, 1.54) is 31.4 Å². The predicted octanol–water partition coefficient (Wildman–Crippen LogP) is 1.85. The highest BCUT2D eigenvalue weighted by Gasteiger charge is 2.34. The molecular formula is C15H15FN4O3S. The maximum absolute atomic E-state index is 14.2. The minimum atomic E-state index is -3.67. The van der Waals surface area contributed by atoms with Crippen molar-refractivity contribution in [3.63, 3.8) is 0 Å². The van der Waals surface area contributed by atoms with Crippen LogP contribution in [0.2, 0.25) is 0 Å². The monoisotopic (exact) mass is 350 g/mol. The summed E-state index contributed by atoms with van der Waals surface area (Å²) in [5.41, 5.74) is 0.123. The summed E-state index contributed by atoms with van der Waals surface area (Å²) in [4.78, 5) is 3.92. The number of hydrogen-bond acceptors (Lipinski definition) is 5. The Hall–Kier alpha value is -2.68. The third-order valence-corrected chi connectivity index (χ3v) is 5.41. The molecule has 0 saturated carbocycles. The number of nitrogens with zero attached hydrogens (tertiary/aromatic N) is 2. The Morgan fingerprint density at radius 3 is 2.83 bits per heavy atom. The molecule has 1 aromatic heterocycles. The molecule has 0 amide bonds. The van der Waals surface area contributed by atoms with Gasteiger partial charge in [0.05, 0.1) is 18.0 Å². The molecule has 9 heteroatoms. The number of aromatic nitrogens is 1. The molecule has 3 rings (SSSR count). The lowest BCUT2D eigenvalue weighted by Crippen LogP contribution is -2.52. The van der Waals surface area contributed by atoms with Crippen LogP contribution in [0.15, 0.2) is 42.7 Å². The number of pyridine rings is 1. The first-order valence-electron chi connectivity index (χ1n) is 7.06. The lowest BCUT2D eigenvalue weighted by atomic mass is 10.1. The summed E-state index contributed by atoms with van der Waals surface area (Å²) in [7, 11) is -2.39. The van der Waals surface area contributed by atoms with Gasteiger partial charge in [0.1, 0.15) is 17.3 Å². The average molecular weight is 350 g/mol.